The van der Waals surface area contributed by atoms with Gasteiger partial charge in [0.05, 0.1) is 11.6 Å². The predicted octanol–water partition coefficient (Wildman–Crippen LogP) is 4.36. The van der Waals surface area contributed by atoms with Gasteiger partial charge in [0.25, 0.3) is 5.91 Å². The number of benzene rings is 2. The quantitative estimate of drug-likeness (QED) is 0.636. The van der Waals surface area contributed by atoms with Gasteiger partial charge in [-0.3, -0.25) is 9.69 Å². The highest BCUT2D eigenvalue weighted by Crippen LogP contribution is 2.36. The SMILES string of the molecule is C[C@H]1[C@@H](c2ccccc2)OC(=O)N1C1CCN(C(=O)c2cn(C)c3ccccc23)CC1. The van der Waals surface area contributed by atoms with Crippen molar-refractivity contribution in [2.24, 2.45) is 7.05 Å². The normalized spacial score (nSPS) is 22.2. The Hall–Kier alpha value is -3.28. The molecule has 0 unspecified atom stereocenters. The topological polar surface area (TPSA) is 54.8 Å². The maximum atomic E-state index is 13.2. The average molecular weight is 418 g/mol. The van der Waals surface area contributed by atoms with Crippen molar-refractivity contribution in [3.63, 3.8) is 0 Å². The Kier molecular flexibility index (Phi) is 4.93. The van der Waals surface area contributed by atoms with E-state index in [2.05, 4.69) is 6.92 Å². The van der Waals surface area contributed by atoms with Crippen LogP contribution in [0.25, 0.3) is 10.9 Å². The fourth-order valence-electron chi connectivity index (χ4n) is 5.08. The van der Waals surface area contributed by atoms with E-state index in [0.717, 1.165) is 34.9 Å². The summed E-state index contributed by atoms with van der Waals surface area (Å²) in [6, 6.07) is 18.0. The molecule has 0 N–H and O–H groups in total. The van der Waals surface area contributed by atoms with Crippen molar-refractivity contribution < 1.29 is 14.3 Å². The zero-order chi connectivity index (χ0) is 21.5. The van der Waals surface area contributed by atoms with Gasteiger partial charge in [-0.15, -0.1) is 0 Å². The lowest BCUT2D eigenvalue weighted by molar-refractivity contribution is 0.0642. The number of ether oxygens (including phenoxy) is 1. The van der Waals surface area contributed by atoms with Crippen LogP contribution in [0.1, 0.15) is 41.8 Å². The summed E-state index contributed by atoms with van der Waals surface area (Å²) >= 11 is 0. The zero-order valence-electron chi connectivity index (χ0n) is 17.9. The van der Waals surface area contributed by atoms with Crippen LogP contribution in [-0.4, -0.2) is 51.5 Å². The largest absolute Gasteiger partial charge is 0.439 e. The van der Waals surface area contributed by atoms with E-state index in [1.165, 1.54) is 0 Å². The summed E-state index contributed by atoms with van der Waals surface area (Å²) in [5, 5.41) is 0.986. The molecule has 0 radical (unpaired) electrons. The maximum Gasteiger partial charge on any atom is 0.411 e. The number of hydrogen-bond donors (Lipinski definition) is 0. The minimum atomic E-state index is -0.250. The molecule has 2 aromatic carbocycles. The average Bonchev–Trinajstić information content (AvgIpc) is 3.30. The van der Waals surface area contributed by atoms with Crippen LogP contribution in [0.2, 0.25) is 0 Å². The predicted molar refractivity (Wildman–Crippen MR) is 119 cm³/mol. The van der Waals surface area contributed by atoms with Gasteiger partial charge in [0.1, 0.15) is 6.10 Å². The first-order valence-corrected chi connectivity index (χ1v) is 10.9. The Morgan fingerprint density at radius 1 is 1.00 bits per heavy atom. The van der Waals surface area contributed by atoms with Gasteiger partial charge in [0, 0.05) is 43.3 Å². The van der Waals surface area contributed by atoms with Crippen LogP contribution in [0.4, 0.5) is 4.79 Å². The lowest BCUT2D eigenvalue weighted by Crippen LogP contribution is -2.49. The van der Waals surface area contributed by atoms with Gasteiger partial charge in [0.15, 0.2) is 0 Å². The second-order valence-electron chi connectivity index (χ2n) is 8.56. The summed E-state index contributed by atoms with van der Waals surface area (Å²) in [4.78, 5) is 29.7. The lowest BCUT2D eigenvalue weighted by atomic mass is 9.98. The van der Waals surface area contributed by atoms with Crippen molar-refractivity contribution in [3.05, 3.63) is 71.9 Å². The molecule has 3 aromatic rings. The highest BCUT2D eigenvalue weighted by molar-refractivity contribution is 6.07. The van der Waals surface area contributed by atoms with Gasteiger partial charge in [-0.2, -0.15) is 0 Å². The first-order valence-electron chi connectivity index (χ1n) is 10.9. The molecule has 0 bridgehead atoms. The maximum absolute atomic E-state index is 13.2. The number of cyclic esters (lactones) is 1. The summed E-state index contributed by atoms with van der Waals surface area (Å²) in [7, 11) is 1.97. The molecule has 0 aliphatic carbocycles. The van der Waals surface area contributed by atoms with Crippen LogP contribution in [-0.2, 0) is 11.8 Å². The number of likely N-dealkylation sites (tertiary alicyclic amines) is 1. The van der Waals surface area contributed by atoms with Crippen LogP contribution in [0.5, 0.6) is 0 Å². The third kappa shape index (κ3) is 3.36. The minimum absolute atomic E-state index is 0.0276. The molecule has 0 saturated carbocycles. The van der Waals surface area contributed by atoms with Crippen molar-refractivity contribution in [1.29, 1.82) is 0 Å². The van der Waals surface area contributed by atoms with E-state index in [1.54, 1.807) is 0 Å². The Bertz CT molecular complexity index is 1120. The number of amides is 2. The van der Waals surface area contributed by atoms with Gasteiger partial charge in [-0.1, -0.05) is 48.5 Å². The van der Waals surface area contributed by atoms with E-state index in [-0.39, 0.29) is 30.2 Å². The molecule has 2 aliphatic rings. The molecule has 5 rings (SSSR count). The molecule has 3 heterocycles. The molecule has 2 atom stereocenters. The zero-order valence-corrected chi connectivity index (χ0v) is 17.9. The second kappa shape index (κ2) is 7.76. The Labute approximate surface area is 182 Å². The van der Waals surface area contributed by atoms with Crippen molar-refractivity contribution in [2.75, 3.05) is 13.1 Å². The van der Waals surface area contributed by atoms with Crippen LogP contribution in [0.15, 0.2) is 60.8 Å². The lowest BCUT2D eigenvalue weighted by Gasteiger charge is -2.37. The van der Waals surface area contributed by atoms with E-state index >= 15 is 0 Å². The second-order valence-corrected chi connectivity index (χ2v) is 8.56. The van der Waals surface area contributed by atoms with E-state index < -0.39 is 0 Å². The summed E-state index contributed by atoms with van der Waals surface area (Å²) in [6.45, 7) is 3.33. The van der Waals surface area contributed by atoms with Crippen molar-refractivity contribution in [1.82, 2.24) is 14.4 Å². The van der Waals surface area contributed by atoms with E-state index in [4.69, 9.17) is 4.74 Å². The number of carbonyl (C=O) groups excluding carboxylic acids is 2. The van der Waals surface area contributed by atoms with Crippen LogP contribution in [0, 0.1) is 0 Å². The monoisotopic (exact) mass is 417 g/mol. The molecule has 2 saturated heterocycles. The highest BCUT2D eigenvalue weighted by atomic mass is 16.6. The van der Waals surface area contributed by atoms with Crippen LogP contribution in [0.3, 0.4) is 0 Å². The number of aromatic nitrogens is 1. The summed E-state index contributed by atoms with van der Waals surface area (Å²) in [5.41, 5.74) is 2.82. The van der Waals surface area contributed by atoms with Crippen molar-refractivity contribution >= 4 is 22.9 Å². The fourth-order valence-corrected chi connectivity index (χ4v) is 5.08. The smallest absolute Gasteiger partial charge is 0.411 e. The molecule has 6 nitrogen and oxygen atoms in total. The summed E-state index contributed by atoms with van der Waals surface area (Å²) < 4.78 is 7.72. The number of piperidine rings is 1. The molecular weight excluding hydrogens is 390 g/mol. The van der Waals surface area contributed by atoms with Crippen LogP contribution >= 0.6 is 0 Å². The number of carbonyl (C=O) groups is 2. The molecule has 1 aromatic heterocycles. The molecule has 2 amide bonds. The van der Waals surface area contributed by atoms with Gasteiger partial charge in [-0.25, -0.2) is 4.79 Å². The molecule has 0 spiro atoms. The van der Waals surface area contributed by atoms with E-state index in [0.29, 0.717) is 13.1 Å². The van der Waals surface area contributed by atoms with Crippen molar-refractivity contribution in [3.8, 4) is 0 Å². The summed E-state index contributed by atoms with van der Waals surface area (Å²) in [5.74, 6) is 0.0643. The molecule has 160 valence electrons. The first kappa shape index (κ1) is 19.7. The third-order valence-corrected chi connectivity index (χ3v) is 6.72. The van der Waals surface area contributed by atoms with Gasteiger partial charge < -0.3 is 14.2 Å². The Balaban J connectivity index is 1.28. The van der Waals surface area contributed by atoms with Gasteiger partial charge >= 0.3 is 6.09 Å². The molecule has 6 heteroatoms. The van der Waals surface area contributed by atoms with E-state index in [1.807, 2.05) is 82.2 Å². The number of aryl methyl sites for hydroxylation is 1. The summed E-state index contributed by atoms with van der Waals surface area (Å²) in [6.07, 6.45) is 2.95. The Morgan fingerprint density at radius 3 is 2.42 bits per heavy atom. The number of hydrogen-bond acceptors (Lipinski definition) is 3. The van der Waals surface area contributed by atoms with Crippen molar-refractivity contribution in [2.45, 2.75) is 38.0 Å². The standard InChI is InChI=1S/C25H27N3O3/c1-17-23(18-8-4-3-5-9-18)31-25(30)28(17)19-12-14-27(15-13-19)24(29)21-16-26(2)22-11-7-6-10-20(21)22/h3-11,16-17,19,23H,12-15H2,1-2H3/t17-,23-/m0/s1. The molecule has 2 fully saturated rings. The van der Waals surface area contributed by atoms with E-state index in [9.17, 15) is 9.59 Å². The molecule has 31 heavy (non-hydrogen) atoms. The number of fused-ring (bicyclic) bond motifs is 1. The molecular formula is C25H27N3O3. The van der Waals surface area contributed by atoms with Crippen LogP contribution < -0.4 is 0 Å². The Morgan fingerprint density at radius 2 is 1.68 bits per heavy atom. The fraction of sp³-hybridized carbons (Fsp3) is 0.360. The number of nitrogens with zero attached hydrogens (tertiary/aromatic N) is 3. The number of para-hydroxylation sites is 1. The van der Waals surface area contributed by atoms with Gasteiger partial charge in [-0.05, 0) is 31.4 Å². The minimum Gasteiger partial charge on any atom is -0.439 e. The number of rotatable bonds is 3. The first-order chi connectivity index (χ1) is 15.0. The molecule has 2 aliphatic heterocycles. The van der Waals surface area contributed by atoms with Gasteiger partial charge in [0.2, 0.25) is 0 Å². The third-order valence-electron chi connectivity index (χ3n) is 6.72. The highest BCUT2D eigenvalue weighted by Gasteiger charge is 2.44.